The van der Waals surface area contributed by atoms with Crippen molar-refractivity contribution in [1.82, 2.24) is 10.2 Å². The minimum atomic E-state index is 0.779. The van der Waals surface area contributed by atoms with Gasteiger partial charge < -0.3 is 5.32 Å². The summed E-state index contributed by atoms with van der Waals surface area (Å²) in [6.07, 6.45) is 7.39. The molecule has 0 bridgehead atoms. The van der Waals surface area contributed by atoms with Crippen LogP contribution in [0.4, 0.5) is 0 Å². The summed E-state index contributed by atoms with van der Waals surface area (Å²) >= 11 is 0. The Hall–Kier alpha value is -0.0800. The molecule has 0 aromatic carbocycles. The highest BCUT2D eigenvalue weighted by Crippen LogP contribution is 2.35. The minimum Gasteiger partial charge on any atom is -0.315 e. The average Bonchev–Trinajstić information content (AvgIpc) is 2.68. The van der Waals surface area contributed by atoms with E-state index in [1.54, 1.807) is 0 Å². The lowest BCUT2D eigenvalue weighted by Gasteiger charge is -2.31. The fraction of sp³-hybridized carbons (Fsp3) is 1.00. The maximum Gasteiger partial charge on any atom is 0.0124 e. The van der Waals surface area contributed by atoms with Gasteiger partial charge in [-0.05, 0) is 44.2 Å². The van der Waals surface area contributed by atoms with E-state index in [0.717, 1.165) is 17.9 Å². The highest BCUT2D eigenvalue weighted by Gasteiger charge is 2.34. The van der Waals surface area contributed by atoms with Crippen LogP contribution in [-0.2, 0) is 0 Å². The first-order valence-electron chi connectivity index (χ1n) is 7.22. The van der Waals surface area contributed by atoms with E-state index in [9.17, 15) is 0 Å². The summed E-state index contributed by atoms with van der Waals surface area (Å²) in [6, 6.07) is 0.939. The molecular weight excluding hydrogens is 196 g/mol. The van der Waals surface area contributed by atoms with E-state index >= 15 is 0 Å². The van der Waals surface area contributed by atoms with Crippen LogP contribution in [0, 0.1) is 11.8 Å². The van der Waals surface area contributed by atoms with E-state index in [1.807, 2.05) is 0 Å². The standard InChI is InChI=1S/C14H28N2/c1-12(2)11-15-8-10-16-9-7-13-5-3-4-6-14(13)16/h12-15H,3-11H2,1-2H3. The van der Waals surface area contributed by atoms with Crippen LogP contribution in [0.2, 0.25) is 0 Å². The first-order chi connectivity index (χ1) is 7.77. The number of hydrogen-bond donors (Lipinski definition) is 1. The van der Waals surface area contributed by atoms with Crippen LogP contribution in [0.25, 0.3) is 0 Å². The maximum absolute atomic E-state index is 3.57. The van der Waals surface area contributed by atoms with Crippen LogP contribution in [0.5, 0.6) is 0 Å². The third-order valence-corrected chi connectivity index (χ3v) is 4.25. The molecule has 1 aliphatic carbocycles. The van der Waals surface area contributed by atoms with Gasteiger partial charge >= 0.3 is 0 Å². The molecule has 2 atom stereocenters. The molecule has 94 valence electrons. The van der Waals surface area contributed by atoms with Crippen molar-refractivity contribution in [1.29, 1.82) is 0 Å². The zero-order valence-corrected chi connectivity index (χ0v) is 11.0. The van der Waals surface area contributed by atoms with Gasteiger partial charge in [-0.25, -0.2) is 0 Å². The van der Waals surface area contributed by atoms with Crippen molar-refractivity contribution in [3.63, 3.8) is 0 Å². The summed E-state index contributed by atoms with van der Waals surface area (Å²) in [5.74, 6) is 1.82. The number of nitrogens with one attached hydrogen (secondary N) is 1. The van der Waals surface area contributed by atoms with Crippen LogP contribution in [0.3, 0.4) is 0 Å². The molecule has 2 fully saturated rings. The molecule has 0 amide bonds. The van der Waals surface area contributed by atoms with Crippen molar-refractivity contribution in [2.75, 3.05) is 26.2 Å². The van der Waals surface area contributed by atoms with Gasteiger partial charge in [-0.3, -0.25) is 4.90 Å². The smallest absolute Gasteiger partial charge is 0.0124 e. The van der Waals surface area contributed by atoms with Gasteiger partial charge in [0.05, 0.1) is 0 Å². The third-order valence-electron chi connectivity index (χ3n) is 4.25. The van der Waals surface area contributed by atoms with Crippen molar-refractivity contribution in [3.8, 4) is 0 Å². The summed E-state index contributed by atoms with van der Waals surface area (Å²) < 4.78 is 0. The molecular formula is C14H28N2. The van der Waals surface area contributed by atoms with Gasteiger partial charge in [0.15, 0.2) is 0 Å². The highest BCUT2D eigenvalue weighted by atomic mass is 15.2. The number of hydrogen-bond acceptors (Lipinski definition) is 2. The van der Waals surface area contributed by atoms with Crippen LogP contribution in [0.15, 0.2) is 0 Å². The van der Waals surface area contributed by atoms with Gasteiger partial charge in [-0.1, -0.05) is 26.7 Å². The van der Waals surface area contributed by atoms with Gasteiger partial charge in [0.25, 0.3) is 0 Å². The van der Waals surface area contributed by atoms with Gasteiger partial charge in [-0.2, -0.15) is 0 Å². The molecule has 0 aromatic heterocycles. The molecule has 0 spiro atoms. The Labute approximate surface area is 101 Å². The molecule has 2 nitrogen and oxygen atoms in total. The maximum atomic E-state index is 3.57. The fourth-order valence-corrected chi connectivity index (χ4v) is 3.39. The fourth-order valence-electron chi connectivity index (χ4n) is 3.39. The van der Waals surface area contributed by atoms with Crippen molar-refractivity contribution < 1.29 is 0 Å². The Balaban J connectivity index is 1.66. The van der Waals surface area contributed by atoms with E-state index in [4.69, 9.17) is 0 Å². The molecule has 2 heteroatoms. The average molecular weight is 224 g/mol. The van der Waals surface area contributed by atoms with Gasteiger partial charge in [0.2, 0.25) is 0 Å². The Bertz CT molecular complexity index is 203. The second-order valence-electron chi connectivity index (χ2n) is 6.03. The molecule has 0 aromatic rings. The van der Waals surface area contributed by atoms with Gasteiger partial charge in [-0.15, -0.1) is 0 Å². The van der Waals surface area contributed by atoms with E-state index in [-0.39, 0.29) is 0 Å². The van der Waals surface area contributed by atoms with Crippen LogP contribution >= 0.6 is 0 Å². The van der Waals surface area contributed by atoms with Gasteiger partial charge in [0.1, 0.15) is 0 Å². The quantitative estimate of drug-likeness (QED) is 0.722. The van der Waals surface area contributed by atoms with Crippen molar-refractivity contribution in [3.05, 3.63) is 0 Å². The molecule has 2 unspecified atom stereocenters. The Kier molecular flexibility index (Phi) is 4.66. The number of likely N-dealkylation sites (tertiary alicyclic amines) is 1. The predicted octanol–water partition coefficient (Wildman–Crippen LogP) is 2.50. The summed E-state index contributed by atoms with van der Waals surface area (Å²) in [4.78, 5) is 2.75. The first-order valence-corrected chi connectivity index (χ1v) is 7.22. The normalized spacial score (nSPS) is 30.9. The lowest BCUT2D eigenvalue weighted by Crippen LogP contribution is -2.39. The van der Waals surface area contributed by atoms with Crippen LogP contribution in [0.1, 0.15) is 46.0 Å². The van der Waals surface area contributed by atoms with E-state index in [1.165, 1.54) is 58.3 Å². The highest BCUT2D eigenvalue weighted by molar-refractivity contribution is 4.89. The molecule has 1 saturated heterocycles. The molecule has 0 radical (unpaired) electrons. The molecule has 2 aliphatic rings. The summed E-state index contributed by atoms with van der Waals surface area (Å²) in [5.41, 5.74) is 0. The SMILES string of the molecule is CC(C)CNCCN1CCC2CCCCC21. The van der Waals surface area contributed by atoms with Crippen molar-refractivity contribution >= 4 is 0 Å². The molecule has 1 heterocycles. The van der Waals surface area contributed by atoms with E-state index < -0.39 is 0 Å². The molecule has 1 N–H and O–H groups in total. The summed E-state index contributed by atoms with van der Waals surface area (Å²) in [7, 11) is 0. The van der Waals surface area contributed by atoms with Gasteiger partial charge in [0, 0.05) is 19.1 Å². The van der Waals surface area contributed by atoms with Crippen LogP contribution < -0.4 is 5.32 Å². The minimum absolute atomic E-state index is 0.779. The lowest BCUT2D eigenvalue weighted by molar-refractivity contribution is 0.183. The Morgan fingerprint density at radius 2 is 2.00 bits per heavy atom. The second kappa shape index (κ2) is 6.02. The van der Waals surface area contributed by atoms with E-state index in [0.29, 0.717) is 0 Å². The molecule has 1 saturated carbocycles. The number of rotatable bonds is 5. The predicted molar refractivity (Wildman–Crippen MR) is 69.6 cm³/mol. The summed E-state index contributed by atoms with van der Waals surface area (Å²) in [5, 5.41) is 3.57. The first kappa shape index (κ1) is 12.4. The topological polar surface area (TPSA) is 15.3 Å². The van der Waals surface area contributed by atoms with Crippen LogP contribution in [-0.4, -0.2) is 37.1 Å². The summed E-state index contributed by atoms with van der Waals surface area (Å²) in [6.45, 7) is 9.54. The second-order valence-corrected chi connectivity index (χ2v) is 6.03. The Morgan fingerprint density at radius 1 is 1.19 bits per heavy atom. The zero-order valence-electron chi connectivity index (χ0n) is 11.0. The van der Waals surface area contributed by atoms with E-state index in [2.05, 4.69) is 24.1 Å². The molecule has 1 aliphatic heterocycles. The largest absolute Gasteiger partial charge is 0.315 e. The monoisotopic (exact) mass is 224 g/mol. The Morgan fingerprint density at radius 3 is 2.81 bits per heavy atom. The zero-order chi connectivity index (χ0) is 11.4. The number of nitrogens with zero attached hydrogens (tertiary/aromatic N) is 1. The molecule has 2 rings (SSSR count). The van der Waals surface area contributed by atoms with Crippen molar-refractivity contribution in [2.45, 2.75) is 52.0 Å². The van der Waals surface area contributed by atoms with Crippen molar-refractivity contribution in [2.24, 2.45) is 11.8 Å². The third kappa shape index (κ3) is 3.21. The lowest BCUT2D eigenvalue weighted by atomic mass is 9.85. The molecule has 16 heavy (non-hydrogen) atoms. The number of fused-ring (bicyclic) bond motifs is 1.